The van der Waals surface area contributed by atoms with Crippen molar-refractivity contribution < 1.29 is 9.90 Å². The minimum Gasteiger partial charge on any atom is -0.481 e. The standard InChI is InChI=1S/C13H18O2S/c1-8-5-9(2)12(10(16)6-8)13(3,4)7-11(14)15/h5-6,16H,7H2,1-4H3,(H,14,15). The summed E-state index contributed by atoms with van der Waals surface area (Å²) in [5.41, 5.74) is 2.90. The van der Waals surface area contributed by atoms with Gasteiger partial charge in [0.1, 0.15) is 0 Å². The van der Waals surface area contributed by atoms with E-state index in [0.717, 1.165) is 21.6 Å². The topological polar surface area (TPSA) is 37.3 Å². The predicted molar refractivity (Wildman–Crippen MR) is 68.4 cm³/mol. The lowest BCUT2D eigenvalue weighted by Gasteiger charge is -2.27. The maximum atomic E-state index is 10.9. The molecule has 0 saturated carbocycles. The Kier molecular flexibility index (Phi) is 3.68. The zero-order valence-electron chi connectivity index (χ0n) is 10.2. The molecule has 0 aliphatic heterocycles. The summed E-state index contributed by atoms with van der Waals surface area (Å²) < 4.78 is 0. The summed E-state index contributed by atoms with van der Waals surface area (Å²) in [6.45, 7) is 7.91. The third-order valence-corrected chi connectivity index (χ3v) is 3.08. The SMILES string of the molecule is Cc1cc(C)c(C(C)(C)CC(=O)O)c(S)c1. The summed E-state index contributed by atoms with van der Waals surface area (Å²) in [6.07, 6.45) is 0.116. The second kappa shape index (κ2) is 4.50. The third-order valence-electron chi connectivity index (χ3n) is 2.73. The average molecular weight is 238 g/mol. The molecule has 1 aromatic carbocycles. The quantitative estimate of drug-likeness (QED) is 0.792. The van der Waals surface area contributed by atoms with E-state index in [2.05, 4.69) is 18.7 Å². The van der Waals surface area contributed by atoms with Crippen LogP contribution in [-0.4, -0.2) is 11.1 Å². The molecule has 0 fully saturated rings. The van der Waals surface area contributed by atoms with Crippen molar-refractivity contribution in [2.45, 2.75) is 44.4 Å². The first kappa shape index (κ1) is 13.1. The molecule has 0 unspecified atom stereocenters. The fourth-order valence-corrected chi connectivity index (χ4v) is 2.97. The molecule has 0 aliphatic rings. The predicted octanol–water partition coefficient (Wildman–Crippen LogP) is 3.34. The Morgan fingerprint density at radius 3 is 2.38 bits per heavy atom. The van der Waals surface area contributed by atoms with Crippen molar-refractivity contribution in [3.05, 3.63) is 28.8 Å². The number of thiol groups is 1. The van der Waals surface area contributed by atoms with Gasteiger partial charge < -0.3 is 5.11 Å². The molecule has 1 aromatic rings. The van der Waals surface area contributed by atoms with Crippen LogP contribution in [0.5, 0.6) is 0 Å². The molecule has 0 aromatic heterocycles. The van der Waals surface area contributed by atoms with Crippen LogP contribution in [0.2, 0.25) is 0 Å². The number of hydrogen-bond donors (Lipinski definition) is 2. The number of hydrogen-bond acceptors (Lipinski definition) is 2. The second-order valence-corrected chi connectivity index (χ2v) is 5.41. The van der Waals surface area contributed by atoms with Crippen LogP contribution in [0.4, 0.5) is 0 Å². The Hall–Kier alpha value is -0.960. The zero-order valence-corrected chi connectivity index (χ0v) is 11.1. The molecule has 0 saturated heterocycles. The van der Waals surface area contributed by atoms with Crippen molar-refractivity contribution >= 4 is 18.6 Å². The normalized spacial score (nSPS) is 11.6. The molecule has 0 bridgehead atoms. The Balaban J connectivity index is 3.27. The summed E-state index contributed by atoms with van der Waals surface area (Å²) in [5, 5.41) is 8.92. The van der Waals surface area contributed by atoms with E-state index in [1.165, 1.54) is 0 Å². The molecule has 2 nitrogen and oxygen atoms in total. The summed E-state index contributed by atoms with van der Waals surface area (Å²) in [7, 11) is 0. The Morgan fingerprint density at radius 2 is 1.94 bits per heavy atom. The fraction of sp³-hybridized carbons (Fsp3) is 0.462. The number of rotatable bonds is 3. The molecule has 1 rings (SSSR count). The molecule has 0 atom stereocenters. The molecule has 0 heterocycles. The van der Waals surface area contributed by atoms with Gasteiger partial charge >= 0.3 is 5.97 Å². The van der Waals surface area contributed by atoms with Crippen molar-refractivity contribution in [2.24, 2.45) is 0 Å². The molecule has 0 aliphatic carbocycles. The van der Waals surface area contributed by atoms with Crippen LogP contribution >= 0.6 is 12.6 Å². The van der Waals surface area contributed by atoms with Crippen LogP contribution in [-0.2, 0) is 10.2 Å². The number of aliphatic carboxylic acids is 1. The van der Waals surface area contributed by atoms with E-state index in [9.17, 15) is 4.79 Å². The summed E-state index contributed by atoms with van der Waals surface area (Å²) in [6, 6.07) is 4.05. The number of aryl methyl sites for hydroxylation is 2. The highest BCUT2D eigenvalue weighted by atomic mass is 32.1. The van der Waals surface area contributed by atoms with Crippen molar-refractivity contribution in [1.29, 1.82) is 0 Å². The molecule has 0 radical (unpaired) electrons. The third kappa shape index (κ3) is 2.79. The number of benzene rings is 1. The van der Waals surface area contributed by atoms with Crippen molar-refractivity contribution in [1.82, 2.24) is 0 Å². The molecule has 1 N–H and O–H groups in total. The van der Waals surface area contributed by atoms with Crippen LogP contribution in [0, 0.1) is 13.8 Å². The number of carboxylic acids is 1. The molecule has 3 heteroatoms. The van der Waals surface area contributed by atoms with Gasteiger partial charge in [0.25, 0.3) is 0 Å². The summed E-state index contributed by atoms with van der Waals surface area (Å²) >= 11 is 4.46. The lowest BCUT2D eigenvalue weighted by molar-refractivity contribution is -0.138. The van der Waals surface area contributed by atoms with E-state index in [4.69, 9.17) is 5.11 Å². The molecule has 16 heavy (non-hydrogen) atoms. The smallest absolute Gasteiger partial charge is 0.304 e. The molecule has 0 spiro atoms. The second-order valence-electron chi connectivity index (χ2n) is 4.93. The Bertz CT molecular complexity index is 399. The van der Waals surface area contributed by atoms with Crippen LogP contribution in [0.25, 0.3) is 0 Å². The van der Waals surface area contributed by atoms with E-state index < -0.39 is 5.97 Å². The number of carboxylic acid groups (broad SMARTS) is 1. The lowest BCUT2D eigenvalue weighted by Crippen LogP contribution is -2.23. The first-order valence-corrected chi connectivity index (χ1v) is 5.71. The highest BCUT2D eigenvalue weighted by Gasteiger charge is 2.27. The Labute approximate surface area is 102 Å². The van der Waals surface area contributed by atoms with E-state index in [0.29, 0.717) is 0 Å². The minimum absolute atomic E-state index is 0.116. The largest absolute Gasteiger partial charge is 0.481 e. The lowest BCUT2D eigenvalue weighted by atomic mass is 9.79. The summed E-state index contributed by atoms with van der Waals surface area (Å²) in [4.78, 5) is 11.7. The molecular formula is C13H18O2S. The molecule has 0 amide bonds. The molecular weight excluding hydrogens is 220 g/mol. The fourth-order valence-electron chi connectivity index (χ4n) is 2.29. The first-order chi connectivity index (χ1) is 7.24. The monoisotopic (exact) mass is 238 g/mol. The van der Waals surface area contributed by atoms with Gasteiger partial charge in [0.05, 0.1) is 6.42 Å². The van der Waals surface area contributed by atoms with Gasteiger partial charge in [0.15, 0.2) is 0 Å². The van der Waals surface area contributed by atoms with Crippen LogP contribution in [0.3, 0.4) is 0 Å². The Morgan fingerprint density at radius 1 is 1.38 bits per heavy atom. The van der Waals surface area contributed by atoms with Gasteiger partial charge in [0, 0.05) is 10.3 Å². The van der Waals surface area contributed by atoms with E-state index in [1.807, 2.05) is 33.8 Å². The highest BCUT2D eigenvalue weighted by molar-refractivity contribution is 7.80. The van der Waals surface area contributed by atoms with Gasteiger partial charge in [0.2, 0.25) is 0 Å². The van der Waals surface area contributed by atoms with Crippen molar-refractivity contribution in [3.8, 4) is 0 Å². The summed E-state index contributed by atoms with van der Waals surface area (Å²) in [5.74, 6) is -0.780. The van der Waals surface area contributed by atoms with E-state index in [-0.39, 0.29) is 11.8 Å². The minimum atomic E-state index is -0.780. The van der Waals surface area contributed by atoms with Crippen molar-refractivity contribution in [2.75, 3.05) is 0 Å². The first-order valence-electron chi connectivity index (χ1n) is 5.26. The maximum absolute atomic E-state index is 10.9. The zero-order chi connectivity index (χ0) is 12.5. The van der Waals surface area contributed by atoms with Crippen molar-refractivity contribution in [3.63, 3.8) is 0 Å². The van der Waals surface area contributed by atoms with Gasteiger partial charge in [-0.25, -0.2) is 0 Å². The van der Waals surface area contributed by atoms with Gasteiger partial charge in [-0.15, -0.1) is 12.6 Å². The number of carbonyl (C=O) groups is 1. The van der Waals surface area contributed by atoms with Crippen LogP contribution in [0.15, 0.2) is 17.0 Å². The maximum Gasteiger partial charge on any atom is 0.304 e. The van der Waals surface area contributed by atoms with E-state index in [1.54, 1.807) is 0 Å². The van der Waals surface area contributed by atoms with Gasteiger partial charge in [-0.3, -0.25) is 4.79 Å². The average Bonchev–Trinajstić information content (AvgIpc) is 1.96. The van der Waals surface area contributed by atoms with Crippen LogP contribution in [0.1, 0.15) is 37.0 Å². The highest BCUT2D eigenvalue weighted by Crippen LogP contribution is 2.35. The van der Waals surface area contributed by atoms with E-state index >= 15 is 0 Å². The van der Waals surface area contributed by atoms with Gasteiger partial charge in [-0.05, 0) is 36.6 Å². The van der Waals surface area contributed by atoms with Gasteiger partial charge in [-0.1, -0.05) is 19.9 Å². The molecule has 88 valence electrons. The van der Waals surface area contributed by atoms with Crippen LogP contribution < -0.4 is 0 Å². The van der Waals surface area contributed by atoms with Gasteiger partial charge in [-0.2, -0.15) is 0 Å².